The molecule has 28 heavy (non-hydrogen) atoms. The molecule has 2 aromatic rings. The van der Waals surface area contributed by atoms with Gasteiger partial charge in [0.1, 0.15) is 0 Å². The van der Waals surface area contributed by atoms with Crippen LogP contribution in [-0.2, 0) is 22.9 Å². The predicted molar refractivity (Wildman–Crippen MR) is 110 cm³/mol. The van der Waals surface area contributed by atoms with Crippen molar-refractivity contribution in [3.8, 4) is 0 Å². The summed E-state index contributed by atoms with van der Waals surface area (Å²) in [5.41, 5.74) is 2.71. The van der Waals surface area contributed by atoms with Crippen molar-refractivity contribution in [2.24, 2.45) is 0 Å². The average Bonchev–Trinajstić information content (AvgIpc) is 3.17. The quantitative estimate of drug-likeness (QED) is 0.734. The van der Waals surface area contributed by atoms with Crippen LogP contribution >= 0.6 is 23.2 Å². The Morgan fingerprint density at radius 2 is 1.64 bits per heavy atom. The first-order valence-electron chi connectivity index (χ1n) is 9.23. The van der Waals surface area contributed by atoms with E-state index in [-0.39, 0.29) is 24.0 Å². The van der Waals surface area contributed by atoms with Crippen molar-refractivity contribution in [2.45, 2.75) is 24.2 Å². The zero-order valence-electron chi connectivity index (χ0n) is 15.2. The Kier molecular flexibility index (Phi) is 5.40. The second kappa shape index (κ2) is 7.67. The van der Waals surface area contributed by atoms with Crippen molar-refractivity contribution in [1.82, 2.24) is 9.21 Å². The summed E-state index contributed by atoms with van der Waals surface area (Å²) < 4.78 is 27.5. The molecular weight excluding hydrogens is 419 g/mol. The molecule has 1 aliphatic heterocycles. The third kappa shape index (κ3) is 3.54. The van der Waals surface area contributed by atoms with Crippen LogP contribution < -0.4 is 0 Å². The lowest BCUT2D eigenvalue weighted by atomic mass is 10.1. The molecule has 0 saturated carbocycles. The smallest absolute Gasteiger partial charge is 0.255 e. The molecule has 0 radical (unpaired) electrons. The van der Waals surface area contributed by atoms with E-state index in [1.165, 1.54) is 9.87 Å². The van der Waals surface area contributed by atoms with E-state index in [4.69, 9.17) is 23.2 Å². The van der Waals surface area contributed by atoms with Gasteiger partial charge in [-0.1, -0.05) is 35.3 Å². The van der Waals surface area contributed by atoms with Crippen molar-refractivity contribution in [1.29, 1.82) is 0 Å². The molecule has 2 aromatic carbocycles. The van der Waals surface area contributed by atoms with Gasteiger partial charge in [0.2, 0.25) is 10.0 Å². The van der Waals surface area contributed by atoms with E-state index < -0.39 is 10.0 Å². The highest BCUT2D eigenvalue weighted by atomic mass is 35.5. The molecule has 2 aliphatic rings. The van der Waals surface area contributed by atoms with E-state index in [2.05, 4.69) is 0 Å². The highest BCUT2D eigenvalue weighted by Crippen LogP contribution is 2.28. The van der Waals surface area contributed by atoms with Crippen LogP contribution in [0.1, 0.15) is 27.9 Å². The lowest BCUT2D eigenvalue weighted by Gasteiger charge is -2.34. The normalized spacial score (nSPS) is 17.6. The molecule has 0 spiro atoms. The number of nitrogens with zero attached hydrogens (tertiary/aromatic N) is 2. The first-order chi connectivity index (χ1) is 13.4. The number of fused-ring (bicyclic) bond motifs is 1. The first kappa shape index (κ1) is 19.7. The Bertz CT molecular complexity index is 1030. The largest absolute Gasteiger partial charge is 0.336 e. The number of carbonyl (C=O) groups excluding carboxylic acids is 1. The van der Waals surface area contributed by atoms with Gasteiger partial charge in [0.05, 0.1) is 20.5 Å². The van der Waals surface area contributed by atoms with Crippen LogP contribution in [0, 0.1) is 0 Å². The molecule has 148 valence electrons. The molecule has 1 aliphatic carbocycles. The fraction of sp³-hybridized carbons (Fsp3) is 0.350. The van der Waals surface area contributed by atoms with Crippen LogP contribution in [-0.4, -0.2) is 49.7 Å². The second-order valence-corrected chi connectivity index (χ2v) is 9.80. The number of amides is 1. The number of hydrogen-bond donors (Lipinski definition) is 0. The van der Waals surface area contributed by atoms with Gasteiger partial charge in [-0.2, -0.15) is 4.31 Å². The summed E-state index contributed by atoms with van der Waals surface area (Å²) in [5, 5.41) is 0.549. The molecule has 0 unspecified atom stereocenters. The maximum Gasteiger partial charge on any atom is 0.255 e. The number of rotatable bonds is 3. The minimum Gasteiger partial charge on any atom is -0.336 e. The predicted octanol–water partition coefficient (Wildman–Crippen LogP) is 3.63. The standard InChI is InChI=1S/C20H20Cl2N2O3S/c21-18-6-2-5-17(19(18)22)20(25)23-9-11-24(12-10-23)28(26,27)16-8-7-14-3-1-4-15(14)13-16/h2,5-8,13H,1,3-4,9-12H2. The number of sulfonamides is 1. The van der Waals surface area contributed by atoms with Crippen molar-refractivity contribution < 1.29 is 13.2 Å². The number of halogens is 2. The zero-order valence-corrected chi connectivity index (χ0v) is 17.5. The molecule has 0 atom stereocenters. The summed E-state index contributed by atoms with van der Waals surface area (Å²) in [4.78, 5) is 14.7. The molecule has 1 fully saturated rings. The van der Waals surface area contributed by atoms with Crippen molar-refractivity contribution in [3.05, 3.63) is 63.1 Å². The van der Waals surface area contributed by atoms with E-state index in [1.807, 2.05) is 6.07 Å². The minimum atomic E-state index is -3.56. The highest BCUT2D eigenvalue weighted by Gasteiger charge is 2.31. The Morgan fingerprint density at radius 3 is 2.39 bits per heavy atom. The lowest BCUT2D eigenvalue weighted by molar-refractivity contribution is 0.0698. The first-order valence-corrected chi connectivity index (χ1v) is 11.4. The van der Waals surface area contributed by atoms with E-state index in [1.54, 1.807) is 35.2 Å². The molecule has 5 nitrogen and oxygen atoms in total. The lowest BCUT2D eigenvalue weighted by Crippen LogP contribution is -2.50. The van der Waals surface area contributed by atoms with Crippen molar-refractivity contribution in [3.63, 3.8) is 0 Å². The summed E-state index contributed by atoms with van der Waals surface area (Å²) in [5.74, 6) is -0.234. The SMILES string of the molecule is O=C(c1cccc(Cl)c1Cl)N1CCN(S(=O)(=O)c2ccc3c(c2)CCC3)CC1. The van der Waals surface area contributed by atoms with Gasteiger partial charge in [-0.25, -0.2) is 8.42 Å². The number of aryl methyl sites for hydroxylation is 2. The van der Waals surface area contributed by atoms with Crippen LogP contribution in [0.25, 0.3) is 0 Å². The van der Waals surface area contributed by atoms with Gasteiger partial charge < -0.3 is 4.90 Å². The van der Waals surface area contributed by atoms with E-state index in [0.717, 1.165) is 24.8 Å². The van der Waals surface area contributed by atoms with Gasteiger partial charge in [0.25, 0.3) is 5.91 Å². The summed E-state index contributed by atoms with van der Waals surface area (Å²) in [6, 6.07) is 10.4. The Labute approximate surface area is 174 Å². The maximum absolute atomic E-state index is 13.0. The number of carbonyl (C=O) groups is 1. The monoisotopic (exact) mass is 438 g/mol. The summed E-state index contributed by atoms with van der Waals surface area (Å²) >= 11 is 12.1. The van der Waals surface area contributed by atoms with Crippen LogP contribution in [0.15, 0.2) is 41.3 Å². The molecule has 1 saturated heterocycles. The van der Waals surface area contributed by atoms with E-state index >= 15 is 0 Å². The van der Waals surface area contributed by atoms with Gasteiger partial charge >= 0.3 is 0 Å². The van der Waals surface area contributed by atoms with Crippen LogP contribution in [0.2, 0.25) is 10.0 Å². The van der Waals surface area contributed by atoms with Crippen LogP contribution in [0.4, 0.5) is 0 Å². The van der Waals surface area contributed by atoms with Crippen LogP contribution in [0.5, 0.6) is 0 Å². The van der Waals surface area contributed by atoms with Crippen LogP contribution in [0.3, 0.4) is 0 Å². The molecule has 1 amide bonds. The average molecular weight is 439 g/mol. The summed E-state index contributed by atoms with van der Waals surface area (Å²) in [6.07, 6.45) is 3.02. The Balaban J connectivity index is 1.48. The number of benzene rings is 2. The molecule has 1 heterocycles. The van der Waals surface area contributed by atoms with E-state index in [9.17, 15) is 13.2 Å². The molecule has 4 rings (SSSR count). The number of hydrogen-bond acceptors (Lipinski definition) is 3. The van der Waals surface area contributed by atoms with Gasteiger partial charge in [-0.3, -0.25) is 4.79 Å². The van der Waals surface area contributed by atoms with Crippen molar-refractivity contribution >= 4 is 39.1 Å². The third-order valence-electron chi connectivity index (χ3n) is 5.42. The van der Waals surface area contributed by atoms with Gasteiger partial charge in [-0.05, 0) is 54.7 Å². The van der Waals surface area contributed by atoms with Gasteiger partial charge in [0.15, 0.2) is 0 Å². The third-order valence-corrected chi connectivity index (χ3v) is 8.13. The summed E-state index contributed by atoms with van der Waals surface area (Å²) in [6.45, 7) is 1.13. The molecule has 0 N–H and O–H groups in total. The fourth-order valence-corrected chi connectivity index (χ4v) is 5.68. The highest BCUT2D eigenvalue weighted by molar-refractivity contribution is 7.89. The van der Waals surface area contributed by atoms with Gasteiger partial charge in [0, 0.05) is 26.2 Å². The Hall–Kier alpha value is -1.60. The molecule has 8 heteroatoms. The minimum absolute atomic E-state index is 0.224. The number of piperazine rings is 1. The second-order valence-electron chi connectivity index (χ2n) is 7.08. The van der Waals surface area contributed by atoms with E-state index in [0.29, 0.717) is 28.6 Å². The summed E-state index contributed by atoms with van der Waals surface area (Å²) in [7, 11) is -3.56. The maximum atomic E-state index is 13.0. The van der Waals surface area contributed by atoms with Gasteiger partial charge in [-0.15, -0.1) is 0 Å². The molecule has 0 aromatic heterocycles. The van der Waals surface area contributed by atoms with Crippen molar-refractivity contribution in [2.75, 3.05) is 26.2 Å². The molecular formula is C20H20Cl2N2O3S. The topological polar surface area (TPSA) is 57.7 Å². The molecule has 0 bridgehead atoms. The fourth-order valence-electron chi connectivity index (χ4n) is 3.83. The zero-order chi connectivity index (χ0) is 19.9. The Morgan fingerprint density at radius 1 is 0.929 bits per heavy atom.